The molecule has 1 aliphatic rings. The molecule has 62 valence electrons. The molecule has 1 aliphatic carbocycles. The molecule has 0 amide bonds. The number of carbonyl (C=O) groups is 2. The van der Waals surface area contributed by atoms with Crippen molar-refractivity contribution in [2.45, 2.75) is 0 Å². The Kier molecular flexibility index (Phi) is 1.95. The molecule has 0 saturated heterocycles. The van der Waals surface area contributed by atoms with Gasteiger partial charge < -0.3 is 0 Å². The summed E-state index contributed by atoms with van der Waals surface area (Å²) in [5.74, 6) is -1.53. The van der Waals surface area contributed by atoms with E-state index in [0.29, 0.717) is 6.08 Å². The molecule has 12 heavy (non-hydrogen) atoms. The smallest absolute Gasteiger partial charge is 0.277 e. The summed E-state index contributed by atoms with van der Waals surface area (Å²) >= 11 is 0. The SMILES string of the molecule is [N]S(=O)(=O)C1=CC(=O)C=CC1=O. The van der Waals surface area contributed by atoms with E-state index in [1.165, 1.54) is 0 Å². The Balaban J connectivity index is 3.23. The Morgan fingerprint density at radius 2 is 1.75 bits per heavy atom. The van der Waals surface area contributed by atoms with Crippen molar-refractivity contribution in [3.63, 3.8) is 0 Å². The van der Waals surface area contributed by atoms with Crippen LogP contribution in [0, 0.1) is 0 Å². The summed E-state index contributed by atoms with van der Waals surface area (Å²) in [6, 6.07) is 0. The number of sulfonamides is 1. The molecule has 0 N–H and O–H groups in total. The van der Waals surface area contributed by atoms with Crippen molar-refractivity contribution in [3.8, 4) is 0 Å². The maximum absolute atomic E-state index is 10.7. The molecular formula is C6H3NO4S. The second-order valence-electron chi connectivity index (χ2n) is 2.08. The first kappa shape index (κ1) is 8.82. The lowest BCUT2D eigenvalue weighted by atomic mass is 10.2. The van der Waals surface area contributed by atoms with Crippen LogP contribution in [0.3, 0.4) is 0 Å². The molecule has 1 rings (SSSR count). The van der Waals surface area contributed by atoms with Crippen LogP contribution >= 0.6 is 0 Å². The van der Waals surface area contributed by atoms with Gasteiger partial charge in [0.25, 0.3) is 10.0 Å². The predicted octanol–water partition coefficient (Wildman–Crippen LogP) is -1.02. The summed E-state index contributed by atoms with van der Waals surface area (Å²) < 4.78 is 20.8. The third-order valence-corrected chi connectivity index (χ3v) is 2.07. The first-order chi connectivity index (χ1) is 5.41. The van der Waals surface area contributed by atoms with Gasteiger partial charge in [0.2, 0.25) is 0 Å². The van der Waals surface area contributed by atoms with E-state index < -0.39 is 26.5 Å². The van der Waals surface area contributed by atoms with Gasteiger partial charge in [0.05, 0.1) is 0 Å². The van der Waals surface area contributed by atoms with Crippen LogP contribution in [0.5, 0.6) is 0 Å². The number of allylic oxidation sites excluding steroid dienone is 4. The molecule has 0 bridgehead atoms. The monoisotopic (exact) mass is 185 g/mol. The summed E-state index contributed by atoms with van der Waals surface area (Å²) in [6.07, 6.45) is 2.31. The van der Waals surface area contributed by atoms with Gasteiger partial charge in [-0.05, 0) is 12.2 Å². The fraction of sp³-hybridized carbons (Fsp3) is 0. The normalized spacial score (nSPS) is 17.9. The average molecular weight is 185 g/mol. The number of hydrogen-bond donors (Lipinski definition) is 0. The van der Waals surface area contributed by atoms with Gasteiger partial charge in [0.1, 0.15) is 4.91 Å². The van der Waals surface area contributed by atoms with E-state index in [2.05, 4.69) is 0 Å². The van der Waals surface area contributed by atoms with Gasteiger partial charge in [0, 0.05) is 11.2 Å². The maximum Gasteiger partial charge on any atom is 0.277 e. The summed E-state index contributed by atoms with van der Waals surface area (Å²) in [7, 11) is -4.57. The van der Waals surface area contributed by atoms with Crippen LogP contribution in [0.15, 0.2) is 23.1 Å². The average Bonchev–Trinajstić information content (AvgIpc) is 1.92. The summed E-state index contributed by atoms with van der Waals surface area (Å²) in [4.78, 5) is 20.4. The molecule has 2 radical (unpaired) electrons. The van der Waals surface area contributed by atoms with Gasteiger partial charge in [-0.1, -0.05) is 0 Å². The highest BCUT2D eigenvalue weighted by molar-refractivity contribution is 7.93. The standard InChI is InChI=1S/C6H3NO4S/c7-12(10,11)6-3-4(8)1-2-5(6)9/h1-3H. The van der Waals surface area contributed by atoms with E-state index in [-0.39, 0.29) is 0 Å². The zero-order valence-corrected chi connectivity index (χ0v) is 6.54. The molecule has 0 aromatic carbocycles. The molecular weight excluding hydrogens is 182 g/mol. The van der Waals surface area contributed by atoms with Crippen LogP contribution in [-0.2, 0) is 19.6 Å². The molecule has 0 aromatic rings. The minimum atomic E-state index is -4.57. The van der Waals surface area contributed by atoms with Crippen LogP contribution in [0.25, 0.3) is 0 Å². The molecule has 0 saturated carbocycles. The lowest BCUT2D eigenvalue weighted by molar-refractivity contribution is -0.114. The zero-order valence-electron chi connectivity index (χ0n) is 5.72. The van der Waals surface area contributed by atoms with E-state index in [4.69, 9.17) is 5.14 Å². The topological polar surface area (TPSA) is 90.6 Å². The number of nitrogens with zero attached hydrogens (tertiary/aromatic N) is 1. The van der Waals surface area contributed by atoms with Crippen molar-refractivity contribution >= 4 is 21.6 Å². The fourth-order valence-corrected chi connectivity index (χ4v) is 1.28. The van der Waals surface area contributed by atoms with Crippen LogP contribution in [0.4, 0.5) is 0 Å². The zero-order chi connectivity index (χ0) is 9.35. The van der Waals surface area contributed by atoms with E-state index in [1.54, 1.807) is 0 Å². The summed E-state index contributed by atoms with van der Waals surface area (Å²) in [5, 5.41) is 8.43. The van der Waals surface area contributed by atoms with Gasteiger partial charge in [-0.15, -0.1) is 0 Å². The highest BCUT2D eigenvalue weighted by atomic mass is 32.2. The number of hydrogen-bond acceptors (Lipinski definition) is 4. The van der Waals surface area contributed by atoms with Crippen LogP contribution in [-0.4, -0.2) is 20.0 Å². The van der Waals surface area contributed by atoms with Gasteiger partial charge in [-0.2, -0.15) is 0 Å². The second kappa shape index (κ2) is 2.65. The van der Waals surface area contributed by atoms with Gasteiger partial charge in [0.15, 0.2) is 11.6 Å². The first-order valence-electron chi connectivity index (χ1n) is 2.87. The van der Waals surface area contributed by atoms with Gasteiger partial charge >= 0.3 is 0 Å². The molecule has 0 unspecified atom stereocenters. The fourth-order valence-electron chi connectivity index (χ4n) is 0.690. The Morgan fingerprint density at radius 3 is 2.17 bits per heavy atom. The number of carbonyl (C=O) groups excluding carboxylic acids is 2. The molecule has 0 atom stereocenters. The Hall–Kier alpha value is -1.27. The third kappa shape index (κ3) is 1.66. The third-order valence-electron chi connectivity index (χ3n) is 1.19. The highest BCUT2D eigenvalue weighted by Crippen LogP contribution is 2.10. The second-order valence-corrected chi connectivity index (χ2v) is 3.47. The maximum atomic E-state index is 10.7. The van der Waals surface area contributed by atoms with Crippen molar-refractivity contribution in [3.05, 3.63) is 23.1 Å². The lowest BCUT2D eigenvalue weighted by Crippen LogP contribution is -2.16. The Labute approximate surface area is 68.6 Å². The van der Waals surface area contributed by atoms with Crippen molar-refractivity contribution in [1.29, 1.82) is 0 Å². The molecule has 0 aliphatic heterocycles. The van der Waals surface area contributed by atoms with E-state index in [0.717, 1.165) is 12.2 Å². The molecule has 0 heterocycles. The van der Waals surface area contributed by atoms with Crippen LogP contribution in [0.1, 0.15) is 0 Å². The molecule has 0 spiro atoms. The molecule has 0 fully saturated rings. The van der Waals surface area contributed by atoms with E-state index >= 15 is 0 Å². The number of ketones is 2. The quantitative estimate of drug-likeness (QED) is 0.489. The predicted molar refractivity (Wildman–Crippen MR) is 38.3 cm³/mol. The van der Waals surface area contributed by atoms with Crippen LogP contribution < -0.4 is 5.14 Å². The van der Waals surface area contributed by atoms with Crippen molar-refractivity contribution in [2.24, 2.45) is 0 Å². The highest BCUT2D eigenvalue weighted by Gasteiger charge is 2.24. The Bertz CT molecular complexity index is 401. The lowest BCUT2D eigenvalue weighted by Gasteiger charge is -2.00. The molecule has 5 nitrogen and oxygen atoms in total. The minimum absolute atomic E-state index is 0.581. The summed E-state index contributed by atoms with van der Waals surface area (Å²) in [6.45, 7) is 0. The summed E-state index contributed by atoms with van der Waals surface area (Å²) in [5.41, 5.74) is 0. The van der Waals surface area contributed by atoms with Crippen LogP contribution in [0.2, 0.25) is 0 Å². The largest absolute Gasteiger partial charge is 0.290 e. The van der Waals surface area contributed by atoms with Crippen molar-refractivity contribution < 1.29 is 18.0 Å². The molecule has 0 aromatic heterocycles. The van der Waals surface area contributed by atoms with Crippen molar-refractivity contribution in [2.75, 3.05) is 0 Å². The first-order valence-corrected chi connectivity index (χ1v) is 4.31. The van der Waals surface area contributed by atoms with Gasteiger partial charge in [-0.3, -0.25) is 9.59 Å². The van der Waals surface area contributed by atoms with E-state index in [1.807, 2.05) is 0 Å². The van der Waals surface area contributed by atoms with Gasteiger partial charge in [-0.25, -0.2) is 8.42 Å². The number of rotatable bonds is 1. The Morgan fingerprint density at radius 1 is 1.17 bits per heavy atom. The van der Waals surface area contributed by atoms with Crippen molar-refractivity contribution in [1.82, 2.24) is 5.14 Å². The van der Waals surface area contributed by atoms with E-state index in [9.17, 15) is 18.0 Å². The molecule has 6 heteroatoms. The minimum Gasteiger partial charge on any atom is -0.290 e.